The number of nitrogens with one attached hydrogen (secondary N) is 1. The van der Waals surface area contributed by atoms with Gasteiger partial charge in [0.05, 0.1) is 4.92 Å². The molecule has 0 saturated carbocycles. The molecule has 1 N–H and O–H groups in total. The monoisotopic (exact) mass is 302 g/mol. The van der Waals surface area contributed by atoms with Gasteiger partial charge in [-0.2, -0.15) is 5.26 Å². The van der Waals surface area contributed by atoms with Gasteiger partial charge in [0, 0.05) is 37.3 Å². The molecule has 1 aliphatic rings. The summed E-state index contributed by atoms with van der Waals surface area (Å²) in [6.07, 6.45) is 2.34. The van der Waals surface area contributed by atoms with Gasteiger partial charge in [0.15, 0.2) is 0 Å². The van der Waals surface area contributed by atoms with Crippen molar-refractivity contribution in [2.75, 3.05) is 18.4 Å². The van der Waals surface area contributed by atoms with Gasteiger partial charge in [-0.15, -0.1) is 0 Å². The number of anilines is 1. The normalized spacial score (nSPS) is 15.5. The Hall–Kier alpha value is -2.62. The fraction of sp³-hybridized carbons (Fsp3) is 0.467. The lowest BCUT2D eigenvalue weighted by molar-refractivity contribution is -0.385. The quantitative estimate of drug-likeness (QED) is 0.642. The van der Waals surface area contributed by atoms with Crippen molar-refractivity contribution in [1.29, 1.82) is 5.26 Å². The molecule has 1 fully saturated rings. The molecule has 0 bridgehead atoms. The van der Waals surface area contributed by atoms with Gasteiger partial charge >= 0.3 is 0 Å². The van der Waals surface area contributed by atoms with E-state index in [9.17, 15) is 14.9 Å². The van der Waals surface area contributed by atoms with E-state index in [2.05, 4.69) is 5.32 Å². The average Bonchev–Trinajstić information content (AvgIpc) is 2.90. The fourth-order valence-corrected chi connectivity index (χ4v) is 2.52. The molecule has 1 heterocycles. The molecule has 7 heteroatoms. The van der Waals surface area contributed by atoms with Crippen molar-refractivity contribution in [1.82, 2.24) is 4.90 Å². The van der Waals surface area contributed by atoms with E-state index in [4.69, 9.17) is 5.26 Å². The standard InChI is InChI=1S/C15H18N4O3/c1-11(6-8-18-7-2-3-15(18)20)17-13-4-5-14(19(21)22)12(9-13)10-16/h4-5,9,11,17H,2-3,6-8H2,1H3. The van der Waals surface area contributed by atoms with Crippen molar-refractivity contribution in [3.63, 3.8) is 0 Å². The number of likely N-dealkylation sites (tertiary alicyclic amines) is 1. The number of nitro benzene ring substituents is 1. The second kappa shape index (κ2) is 6.89. The van der Waals surface area contributed by atoms with Crippen LogP contribution < -0.4 is 5.32 Å². The summed E-state index contributed by atoms with van der Waals surface area (Å²) in [5.74, 6) is 0.203. The molecule has 1 amide bonds. The molecule has 1 saturated heterocycles. The molecule has 22 heavy (non-hydrogen) atoms. The van der Waals surface area contributed by atoms with Crippen molar-refractivity contribution in [3.8, 4) is 6.07 Å². The molecule has 0 aromatic heterocycles. The van der Waals surface area contributed by atoms with E-state index in [0.29, 0.717) is 18.7 Å². The number of hydrogen-bond acceptors (Lipinski definition) is 5. The fourth-order valence-electron chi connectivity index (χ4n) is 2.52. The maximum atomic E-state index is 11.5. The Morgan fingerprint density at radius 2 is 2.32 bits per heavy atom. The zero-order valence-corrected chi connectivity index (χ0v) is 12.4. The second-order valence-electron chi connectivity index (χ2n) is 5.42. The molecule has 1 aromatic rings. The zero-order valence-electron chi connectivity index (χ0n) is 12.4. The van der Waals surface area contributed by atoms with Crippen molar-refractivity contribution in [2.45, 2.75) is 32.2 Å². The first-order valence-electron chi connectivity index (χ1n) is 7.24. The molecular weight excluding hydrogens is 284 g/mol. The van der Waals surface area contributed by atoms with Crippen LogP contribution in [0.1, 0.15) is 31.7 Å². The number of rotatable bonds is 6. The van der Waals surface area contributed by atoms with Gasteiger partial charge in [0.2, 0.25) is 5.91 Å². The number of nitrogens with zero attached hydrogens (tertiary/aromatic N) is 3. The largest absolute Gasteiger partial charge is 0.382 e. The minimum atomic E-state index is -0.565. The molecule has 0 radical (unpaired) electrons. The Kier molecular flexibility index (Phi) is 4.94. The summed E-state index contributed by atoms with van der Waals surface area (Å²) in [6, 6.07) is 6.34. The number of amides is 1. The molecule has 1 atom stereocenters. The van der Waals surface area contributed by atoms with Crippen LogP contribution in [0.5, 0.6) is 0 Å². The summed E-state index contributed by atoms with van der Waals surface area (Å²) in [4.78, 5) is 23.6. The van der Waals surface area contributed by atoms with Crippen LogP contribution in [-0.4, -0.2) is 34.9 Å². The minimum absolute atomic E-state index is 0.0388. The SMILES string of the molecule is CC(CCN1CCCC1=O)Nc1ccc([N+](=O)[O-])c(C#N)c1. The van der Waals surface area contributed by atoms with Crippen molar-refractivity contribution >= 4 is 17.3 Å². The van der Waals surface area contributed by atoms with Gasteiger partial charge in [-0.3, -0.25) is 14.9 Å². The third kappa shape index (κ3) is 3.73. The van der Waals surface area contributed by atoms with Crippen molar-refractivity contribution < 1.29 is 9.72 Å². The van der Waals surface area contributed by atoms with E-state index in [0.717, 1.165) is 19.4 Å². The first-order chi connectivity index (χ1) is 10.5. The number of hydrogen-bond donors (Lipinski definition) is 1. The second-order valence-corrected chi connectivity index (χ2v) is 5.42. The Labute approximate surface area is 128 Å². The number of carbonyl (C=O) groups excluding carboxylic acids is 1. The third-order valence-corrected chi connectivity index (χ3v) is 3.73. The molecule has 2 rings (SSSR count). The molecule has 116 valence electrons. The highest BCUT2D eigenvalue weighted by atomic mass is 16.6. The molecule has 1 aliphatic heterocycles. The van der Waals surface area contributed by atoms with Gasteiger partial charge in [-0.1, -0.05) is 0 Å². The molecule has 7 nitrogen and oxygen atoms in total. The van der Waals surface area contributed by atoms with E-state index >= 15 is 0 Å². The van der Waals surface area contributed by atoms with E-state index in [-0.39, 0.29) is 23.2 Å². The Morgan fingerprint density at radius 1 is 1.55 bits per heavy atom. The van der Waals surface area contributed by atoms with Crippen molar-refractivity contribution in [2.24, 2.45) is 0 Å². The van der Waals surface area contributed by atoms with Gasteiger partial charge < -0.3 is 10.2 Å². The Bertz CT molecular complexity index is 624. The lowest BCUT2D eigenvalue weighted by Crippen LogP contribution is -2.29. The maximum absolute atomic E-state index is 11.5. The maximum Gasteiger partial charge on any atom is 0.287 e. The molecule has 1 aromatic carbocycles. The lowest BCUT2D eigenvalue weighted by Gasteiger charge is -2.20. The van der Waals surface area contributed by atoms with Crippen LogP contribution in [0.3, 0.4) is 0 Å². The van der Waals surface area contributed by atoms with Crippen molar-refractivity contribution in [3.05, 3.63) is 33.9 Å². The van der Waals surface area contributed by atoms with Crippen LogP contribution in [-0.2, 0) is 4.79 Å². The topological polar surface area (TPSA) is 99.3 Å². The summed E-state index contributed by atoms with van der Waals surface area (Å²) < 4.78 is 0. The third-order valence-electron chi connectivity index (χ3n) is 3.73. The summed E-state index contributed by atoms with van der Waals surface area (Å²) in [5, 5.41) is 23.0. The average molecular weight is 302 g/mol. The first kappa shape index (κ1) is 15.8. The van der Waals surface area contributed by atoms with Crippen LogP contribution in [0.4, 0.5) is 11.4 Å². The summed E-state index contributed by atoms with van der Waals surface area (Å²) in [7, 11) is 0. The number of nitriles is 1. The number of carbonyl (C=O) groups is 1. The van der Waals surface area contributed by atoms with E-state index < -0.39 is 4.92 Å². The highest BCUT2D eigenvalue weighted by Gasteiger charge is 2.20. The highest BCUT2D eigenvalue weighted by molar-refractivity contribution is 5.78. The van der Waals surface area contributed by atoms with Gasteiger partial charge in [0.1, 0.15) is 11.6 Å². The van der Waals surface area contributed by atoms with Crippen LogP contribution in [0.2, 0.25) is 0 Å². The Balaban J connectivity index is 1.94. The van der Waals surface area contributed by atoms with Crippen LogP contribution >= 0.6 is 0 Å². The Morgan fingerprint density at radius 3 is 2.91 bits per heavy atom. The predicted octanol–water partition coefficient (Wildman–Crippen LogP) is 2.28. The zero-order chi connectivity index (χ0) is 16.1. The lowest BCUT2D eigenvalue weighted by atomic mass is 10.1. The smallest absolute Gasteiger partial charge is 0.287 e. The van der Waals surface area contributed by atoms with Gasteiger partial charge in [-0.05, 0) is 31.9 Å². The first-order valence-corrected chi connectivity index (χ1v) is 7.24. The molecular formula is C15H18N4O3. The number of benzene rings is 1. The van der Waals surface area contributed by atoms with Gasteiger partial charge in [0.25, 0.3) is 5.69 Å². The van der Waals surface area contributed by atoms with E-state index in [1.165, 1.54) is 12.1 Å². The summed E-state index contributed by atoms with van der Waals surface area (Å²) in [6.45, 7) is 3.50. The van der Waals surface area contributed by atoms with Crippen LogP contribution in [0, 0.1) is 21.4 Å². The summed E-state index contributed by atoms with van der Waals surface area (Å²) >= 11 is 0. The van der Waals surface area contributed by atoms with Gasteiger partial charge in [-0.25, -0.2) is 0 Å². The molecule has 0 aliphatic carbocycles. The molecule has 0 spiro atoms. The number of nitro groups is 1. The van der Waals surface area contributed by atoms with Crippen LogP contribution in [0.15, 0.2) is 18.2 Å². The highest BCUT2D eigenvalue weighted by Crippen LogP contribution is 2.22. The summed E-state index contributed by atoms with van der Waals surface area (Å²) in [5.41, 5.74) is 0.516. The van der Waals surface area contributed by atoms with E-state index in [1.807, 2.05) is 17.9 Å². The molecule has 1 unspecified atom stereocenters. The predicted molar refractivity (Wildman–Crippen MR) is 81.3 cm³/mol. The van der Waals surface area contributed by atoms with E-state index in [1.54, 1.807) is 6.07 Å². The van der Waals surface area contributed by atoms with Crippen LogP contribution in [0.25, 0.3) is 0 Å². The minimum Gasteiger partial charge on any atom is -0.382 e.